The van der Waals surface area contributed by atoms with E-state index in [2.05, 4.69) is 32.0 Å². The van der Waals surface area contributed by atoms with Gasteiger partial charge in [0.15, 0.2) is 0 Å². The van der Waals surface area contributed by atoms with E-state index in [9.17, 15) is 14.4 Å². The molecule has 3 N–H and O–H groups in total. The Hall–Kier alpha value is -3.62. The highest BCUT2D eigenvalue weighted by Crippen LogP contribution is 2.26. The molecule has 0 aliphatic heterocycles. The van der Waals surface area contributed by atoms with Crippen LogP contribution in [0.4, 0.5) is 11.4 Å². The molecule has 4 rings (SSSR count). The van der Waals surface area contributed by atoms with E-state index in [0.29, 0.717) is 27.3 Å². The normalized spacial score (nSPS) is 10.8. The maximum absolute atomic E-state index is 13.2. The molecular formula is C27H24BrClN4O3. The lowest BCUT2D eigenvalue weighted by Gasteiger charge is -2.15. The lowest BCUT2D eigenvalue weighted by molar-refractivity contribution is -0.133. The van der Waals surface area contributed by atoms with Crippen molar-refractivity contribution < 1.29 is 14.4 Å². The average molecular weight is 568 g/mol. The number of hydrogen-bond donors (Lipinski definition) is 3. The van der Waals surface area contributed by atoms with Crippen LogP contribution in [-0.2, 0) is 9.59 Å². The van der Waals surface area contributed by atoms with E-state index in [0.717, 1.165) is 26.7 Å². The molecule has 3 amide bonds. The first-order valence-corrected chi connectivity index (χ1v) is 12.3. The fraction of sp³-hybridized carbons (Fsp3) is 0.148. The van der Waals surface area contributed by atoms with Gasteiger partial charge in [-0.25, -0.2) is 4.68 Å². The minimum Gasteiger partial charge on any atom is -0.321 e. The van der Waals surface area contributed by atoms with Crippen molar-refractivity contribution in [2.75, 3.05) is 16.1 Å². The van der Waals surface area contributed by atoms with Gasteiger partial charge in [-0.2, -0.15) is 0 Å². The van der Waals surface area contributed by atoms with E-state index in [1.165, 1.54) is 4.68 Å². The van der Waals surface area contributed by atoms with Crippen LogP contribution in [0.15, 0.2) is 59.1 Å². The van der Waals surface area contributed by atoms with E-state index < -0.39 is 17.7 Å². The highest BCUT2D eigenvalue weighted by Gasteiger charge is 2.22. The Kier molecular flexibility index (Phi) is 7.19. The summed E-state index contributed by atoms with van der Waals surface area (Å²) in [6.45, 7) is 7.56. The highest BCUT2D eigenvalue weighted by atomic mass is 79.9. The monoisotopic (exact) mass is 566 g/mol. The molecule has 1 aromatic heterocycles. The van der Waals surface area contributed by atoms with Crippen molar-refractivity contribution in [3.8, 4) is 0 Å². The summed E-state index contributed by atoms with van der Waals surface area (Å²) in [4.78, 5) is 38.9. The molecule has 4 aromatic rings. The van der Waals surface area contributed by atoms with Crippen molar-refractivity contribution >= 4 is 67.5 Å². The van der Waals surface area contributed by atoms with Crippen LogP contribution in [0.25, 0.3) is 10.9 Å². The topological polar surface area (TPSA) is 92.2 Å². The third-order valence-corrected chi connectivity index (χ3v) is 6.66. The zero-order valence-corrected chi connectivity index (χ0v) is 22.5. The van der Waals surface area contributed by atoms with Crippen LogP contribution in [0, 0.1) is 27.7 Å². The number of nitrogens with one attached hydrogen (secondary N) is 3. The number of amides is 3. The first-order valence-electron chi connectivity index (χ1n) is 11.1. The Morgan fingerprint density at radius 3 is 2.17 bits per heavy atom. The van der Waals surface area contributed by atoms with Crippen LogP contribution >= 0.6 is 27.5 Å². The second-order valence-corrected chi connectivity index (χ2v) is 9.98. The van der Waals surface area contributed by atoms with Gasteiger partial charge in [-0.3, -0.25) is 19.8 Å². The summed E-state index contributed by atoms with van der Waals surface area (Å²) < 4.78 is 2.11. The third-order valence-electron chi connectivity index (χ3n) is 5.76. The van der Waals surface area contributed by atoms with Crippen LogP contribution in [0.3, 0.4) is 0 Å². The van der Waals surface area contributed by atoms with E-state index in [-0.39, 0.29) is 5.69 Å². The molecule has 184 valence electrons. The molecule has 7 nitrogen and oxygen atoms in total. The number of fused-ring (bicyclic) bond motifs is 1. The summed E-state index contributed by atoms with van der Waals surface area (Å²) in [5.74, 6) is -2.24. The van der Waals surface area contributed by atoms with Gasteiger partial charge in [0.05, 0.1) is 5.52 Å². The lowest BCUT2D eigenvalue weighted by Crippen LogP contribution is -2.36. The van der Waals surface area contributed by atoms with Gasteiger partial charge in [0.1, 0.15) is 5.69 Å². The summed E-state index contributed by atoms with van der Waals surface area (Å²) in [6.07, 6.45) is 0. The molecule has 36 heavy (non-hydrogen) atoms. The Balaban J connectivity index is 1.64. The fourth-order valence-electron chi connectivity index (χ4n) is 4.04. The number of rotatable bonds is 4. The molecule has 0 saturated carbocycles. The molecule has 0 saturated heterocycles. The minimum absolute atomic E-state index is 0.142. The van der Waals surface area contributed by atoms with Crippen molar-refractivity contribution in [2.24, 2.45) is 0 Å². The molecule has 0 atom stereocenters. The van der Waals surface area contributed by atoms with Gasteiger partial charge in [-0.1, -0.05) is 51.3 Å². The number of halogens is 2. The van der Waals surface area contributed by atoms with Crippen LogP contribution in [0.2, 0.25) is 5.02 Å². The molecule has 0 fully saturated rings. The number of nitrogens with zero attached hydrogens (tertiary/aromatic N) is 1. The lowest BCUT2D eigenvalue weighted by atomic mass is 10.1. The molecular weight excluding hydrogens is 544 g/mol. The molecule has 3 aromatic carbocycles. The number of carbonyl (C=O) groups excluding carboxylic acids is 3. The average Bonchev–Trinajstić information content (AvgIpc) is 3.15. The van der Waals surface area contributed by atoms with E-state index in [1.807, 2.05) is 45.9 Å². The van der Waals surface area contributed by atoms with Gasteiger partial charge in [-0.15, -0.1) is 0 Å². The molecule has 0 aliphatic rings. The minimum atomic E-state index is -0.915. The summed E-state index contributed by atoms with van der Waals surface area (Å²) >= 11 is 9.62. The zero-order chi connectivity index (χ0) is 26.1. The Morgan fingerprint density at radius 1 is 0.806 bits per heavy atom. The third kappa shape index (κ3) is 5.29. The largest absolute Gasteiger partial charge is 0.328 e. The molecule has 0 bridgehead atoms. The fourth-order valence-corrected chi connectivity index (χ4v) is 4.60. The Labute approximate surface area is 221 Å². The van der Waals surface area contributed by atoms with Crippen molar-refractivity contribution in [3.05, 3.63) is 92.0 Å². The van der Waals surface area contributed by atoms with Crippen LogP contribution in [-0.4, -0.2) is 22.4 Å². The number of benzene rings is 3. The number of carbonyl (C=O) groups is 3. The summed E-state index contributed by atoms with van der Waals surface area (Å²) in [7, 11) is 0. The van der Waals surface area contributed by atoms with Crippen LogP contribution < -0.4 is 16.1 Å². The molecule has 0 unspecified atom stereocenters. The van der Waals surface area contributed by atoms with Gasteiger partial charge in [0.2, 0.25) is 0 Å². The second-order valence-electron chi connectivity index (χ2n) is 8.65. The predicted octanol–water partition coefficient (Wildman–Crippen LogP) is 6.25. The van der Waals surface area contributed by atoms with Gasteiger partial charge in [0, 0.05) is 26.3 Å². The molecule has 0 aliphatic carbocycles. The second kappa shape index (κ2) is 10.2. The first-order chi connectivity index (χ1) is 17.0. The maximum Gasteiger partial charge on any atom is 0.328 e. The van der Waals surface area contributed by atoms with E-state index in [1.54, 1.807) is 36.4 Å². The zero-order valence-electron chi connectivity index (χ0n) is 20.1. The number of aryl methyl sites for hydroxylation is 4. The van der Waals surface area contributed by atoms with E-state index >= 15 is 0 Å². The van der Waals surface area contributed by atoms with Gasteiger partial charge in [0.25, 0.3) is 5.91 Å². The standard InChI is InChI=1S/C27H24BrClN4O3/c1-14-9-16(3)24(17(4)10-14)31-26(35)27(36)32-33-22-8-6-19(28)11-18(22)12-23(33)25(34)30-20-7-5-15(2)21(29)13-20/h5-13H,1-4H3,(H,30,34)(H,31,35)(H,32,36). The number of aromatic nitrogens is 1. The molecule has 0 spiro atoms. The summed E-state index contributed by atoms with van der Waals surface area (Å²) in [5.41, 5.74) is 7.99. The first kappa shape index (κ1) is 25.5. The van der Waals surface area contributed by atoms with Gasteiger partial charge >= 0.3 is 11.8 Å². The van der Waals surface area contributed by atoms with Gasteiger partial charge < -0.3 is 10.6 Å². The van der Waals surface area contributed by atoms with Crippen molar-refractivity contribution in [3.63, 3.8) is 0 Å². The SMILES string of the molecule is Cc1cc(C)c(NC(=O)C(=O)Nn2c(C(=O)Nc3ccc(C)c(Cl)c3)cc3cc(Br)ccc32)c(C)c1. The molecule has 9 heteroatoms. The smallest absolute Gasteiger partial charge is 0.321 e. The highest BCUT2D eigenvalue weighted by molar-refractivity contribution is 9.10. The Bertz CT molecular complexity index is 1520. The number of anilines is 2. The quantitative estimate of drug-likeness (QED) is 0.255. The van der Waals surface area contributed by atoms with Crippen molar-refractivity contribution in [2.45, 2.75) is 27.7 Å². The van der Waals surface area contributed by atoms with Crippen molar-refractivity contribution in [1.82, 2.24) is 4.68 Å². The van der Waals surface area contributed by atoms with Gasteiger partial charge in [-0.05, 0) is 80.8 Å². The Morgan fingerprint density at radius 2 is 1.50 bits per heavy atom. The van der Waals surface area contributed by atoms with Crippen LogP contribution in [0.5, 0.6) is 0 Å². The maximum atomic E-state index is 13.2. The van der Waals surface area contributed by atoms with E-state index in [4.69, 9.17) is 11.6 Å². The summed E-state index contributed by atoms with van der Waals surface area (Å²) in [5, 5.41) is 6.70. The molecule has 0 radical (unpaired) electrons. The summed E-state index contributed by atoms with van der Waals surface area (Å²) in [6, 6.07) is 16.0. The molecule has 1 heterocycles. The number of hydrogen-bond acceptors (Lipinski definition) is 3. The van der Waals surface area contributed by atoms with Crippen molar-refractivity contribution in [1.29, 1.82) is 0 Å². The predicted molar refractivity (Wildman–Crippen MR) is 147 cm³/mol. The van der Waals surface area contributed by atoms with Crippen LogP contribution in [0.1, 0.15) is 32.7 Å².